The standard InChI is InChI=1S/C14H20ClNO2S/c1-4-18-14(17)9-19-12-6-5-11(13(15)7-12)8-16-10(2)3/h5-7,10,16H,4,8-9H2,1-3H3. The van der Waals surface area contributed by atoms with Crippen LogP contribution < -0.4 is 5.32 Å². The summed E-state index contributed by atoms with van der Waals surface area (Å²) in [6, 6.07) is 6.29. The van der Waals surface area contributed by atoms with Crippen LogP contribution in [0.15, 0.2) is 23.1 Å². The quantitative estimate of drug-likeness (QED) is 0.618. The van der Waals surface area contributed by atoms with Crippen LogP contribution in [0.1, 0.15) is 26.3 Å². The fourth-order valence-corrected chi connectivity index (χ4v) is 2.47. The van der Waals surface area contributed by atoms with Crippen molar-refractivity contribution in [2.75, 3.05) is 12.4 Å². The maximum Gasteiger partial charge on any atom is 0.316 e. The van der Waals surface area contributed by atoms with Gasteiger partial charge in [0, 0.05) is 22.5 Å². The van der Waals surface area contributed by atoms with Gasteiger partial charge in [-0.25, -0.2) is 0 Å². The molecule has 0 aliphatic rings. The van der Waals surface area contributed by atoms with Crippen LogP contribution in [-0.2, 0) is 16.1 Å². The smallest absolute Gasteiger partial charge is 0.316 e. The Kier molecular flexibility index (Phi) is 7.28. The zero-order chi connectivity index (χ0) is 14.3. The van der Waals surface area contributed by atoms with Gasteiger partial charge in [0.25, 0.3) is 0 Å². The molecule has 19 heavy (non-hydrogen) atoms. The predicted molar refractivity (Wildman–Crippen MR) is 80.8 cm³/mol. The number of thioether (sulfide) groups is 1. The van der Waals surface area contributed by atoms with Crippen molar-refractivity contribution in [1.29, 1.82) is 0 Å². The summed E-state index contributed by atoms with van der Waals surface area (Å²) in [5.74, 6) is 0.113. The second-order valence-electron chi connectivity index (χ2n) is 4.38. The second-order valence-corrected chi connectivity index (χ2v) is 5.84. The van der Waals surface area contributed by atoms with Crippen molar-refractivity contribution in [3.05, 3.63) is 28.8 Å². The largest absolute Gasteiger partial charge is 0.465 e. The molecule has 5 heteroatoms. The summed E-state index contributed by atoms with van der Waals surface area (Å²) in [6.07, 6.45) is 0. The van der Waals surface area contributed by atoms with Crippen LogP contribution in [0, 0.1) is 0 Å². The topological polar surface area (TPSA) is 38.3 Å². The lowest BCUT2D eigenvalue weighted by Crippen LogP contribution is -2.21. The Morgan fingerprint density at radius 1 is 1.47 bits per heavy atom. The molecular weight excluding hydrogens is 282 g/mol. The maximum absolute atomic E-state index is 11.3. The van der Waals surface area contributed by atoms with E-state index in [2.05, 4.69) is 19.2 Å². The van der Waals surface area contributed by atoms with Gasteiger partial charge in [0.1, 0.15) is 0 Å². The number of ether oxygens (including phenoxy) is 1. The Hall–Kier alpha value is -0.710. The molecule has 0 radical (unpaired) electrons. The van der Waals surface area contributed by atoms with E-state index in [4.69, 9.17) is 16.3 Å². The third kappa shape index (κ3) is 6.32. The zero-order valence-corrected chi connectivity index (χ0v) is 13.1. The Labute approximate surface area is 124 Å². The summed E-state index contributed by atoms with van der Waals surface area (Å²) in [7, 11) is 0. The minimum atomic E-state index is -0.200. The zero-order valence-electron chi connectivity index (χ0n) is 11.5. The number of carbonyl (C=O) groups is 1. The predicted octanol–water partition coefficient (Wildman–Crippen LogP) is 3.49. The molecule has 0 saturated heterocycles. The first-order valence-corrected chi connectivity index (χ1v) is 7.69. The molecule has 1 aromatic carbocycles. The first-order chi connectivity index (χ1) is 9.02. The number of hydrogen-bond acceptors (Lipinski definition) is 4. The first kappa shape index (κ1) is 16.3. The number of esters is 1. The average molecular weight is 302 g/mol. The lowest BCUT2D eigenvalue weighted by molar-refractivity contribution is -0.139. The fraction of sp³-hybridized carbons (Fsp3) is 0.500. The number of benzene rings is 1. The first-order valence-electron chi connectivity index (χ1n) is 6.33. The highest BCUT2D eigenvalue weighted by atomic mass is 35.5. The third-order valence-corrected chi connectivity index (χ3v) is 3.71. The molecule has 0 atom stereocenters. The normalized spacial score (nSPS) is 10.8. The van der Waals surface area contributed by atoms with E-state index in [0.29, 0.717) is 18.4 Å². The summed E-state index contributed by atoms with van der Waals surface area (Å²) >= 11 is 7.66. The van der Waals surface area contributed by atoms with Gasteiger partial charge in [0.05, 0.1) is 12.4 Å². The van der Waals surface area contributed by atoms with Crippen LogP contribution in [-0.4, -0.2) is 24.4 Å². The number of halogens is 1. The monoisotopic (exact) mass is 301 g/mol. The number of hydrogen-bond donors (Lipinski definition) is 1. The van der Waals surface area contributed by atoms with Gasteiger partial charge in [-0.1, -0.05) is 31.5 Å². The summed E-state index contributed by atoms with van der Waals surface area (Å²) in [4.78, 5) is 12.2. The SMILES string of the molecule is CCOC(=O)CSc1ccc(CNC(C)C)c(Cl)c1. The molecule has 0 unspecified atom stereocenters. The van der Waals surface area contributed by atoms with Crippen LogP contribution in [0.4, 0.5) is 0 Å². The Morgan fingerprint density at radius 2 is 2.21 bits per heavy atom. The van der Waals surface area contributed by atoms with Crippen LogP contribution in [0.5, 0.6) is 0 Å². The molecule has 3 nitrogen and oxygen atoms in total. The minimum Gasteiger partial charge on any atom is -0.465 e. The number of rotatable bonds is 7. The van der Waals surface area contributed by atoms with Gasteiger partial charge in [-0.15, -0.1) is 11.8 Å². The maximum atomic E-state index is 11.3. The van der Waals surface area contributed by atoms with Crippen LogP contribution >= 0.6 is 23.4 Å². The molecule has 0 bridgehead atoms. The number of carbonyl (C=O) groups excluding carboxylic acids is 1. The summed E-state index contributed by atoms with van der Waals surface area (Å²) in [5.41, 5.74) is 1.07. The van der Waals surface area contributed by atoms with E-state index in [1.807, 2.05) is 18.2 Å². The molecule has 0 spiro atoms. The van der Waals surface area contributed by atoms with Gasteiger partial charge in [0.2, 0.25) is 0 Å². The molecule has 0 fully saturated rings. The molecule has 106 valence electrons. The molecule has 0 heterocycles. The van der Waals surface area contributed by atoms with Crippen molar-refractivity contribution in [1.82, 2.24) is 5.32 Å². The van der Waals surface area contributed by atoms with Gasteiger partial charge >= 0.3 is 5.97 Å². The molecule has 1 aromatic rings. The highest BCUT2D eigenvalue weighted by Gasteiger charge is 2.06. The van der Waals surface area contributed by atoms with Gasteiger partial charge < -0.3 is 10.1 Å². The second kappa shape index (κ2) is 8.46. The molecule has 0 aliphatic carbocycles. The van der Waals surface area contributed by atoms with Crippen molar-refractivity contribution in [2.45, 2.75) is 38.3 Å². The Bertz CT molecular complexity index is 424. The Balaban J connectivity index is 2.54. The van der Waals surface area contributed by atoms with Crippen molar-refractivity contribution < 1.29 is 9.53 Å². The number of nitrogens with one attached hydrogen (secondary N) is 1. The van der Waals surface area contributed by atoms with Crippen LogP contribution in [0.25, 0.3) is 0 Å². The van der Waals surface area contributed by atoms with E-state index in [1.165, 1.54) is 11.8 Å². The highest BCUT2D eigenvalue weighted by molar-refractivity contribution is 8.00. The van der Waals surface area contributed by atoms with E-state index in [9.17, 15) is 4.79 Å². The lowest BCUT2D eigenvalue weighted by Gasteiger charge is -2.10. The fourth-order valence-electron chi connectivity index (χ4n) is 1.42. The molecule has 0 aromatic heterocycles. The molecule has 0 saturated carbocycles. The van der Waals surface area contributed by atoms with E-state index in [-0.39, 0.29) is 5.97 Å². The van der Waals surface area contributed by atoms with Crippen molar-refractivity contribution >= 4 is 29.3 Å². The molecule has 1 N–H and O–H groups in total. The van der Waals surface area contributed by atoms with Gasteiger partial charge in [-0.3, -0.25) is 4.79 Å². The Morgan fingerprint density at radius 3 is 2.79 bits per heavy atom. The van der Waals surface area contributed by atoms with Crippen molar-refractivity contribution in [2.24, 2.45) is 0 Å². The molecule has 1 rings (SSSR count). The highest BCUT2D eigenvalue weighted by Crippen LogP contribution is 2.25. The lowest BCUT2D eigenvalue weighted by atomic mass is 10.2. The molecule has 0 aliphatic heterocycles. The van der Waals surface area contributed by atoms with Crippen molar-refractivity contribution in [3.63, 3.8) is 0 Å². The summed E-state index contributed by atoms with van der Waals surface area (Å²) in [6.45, 7) is 7.16. The van der Waals surface area contributed by atoms with E-state index in [1.54, 1.807) is 6.92 Å². The van der Waals surface area contributed by atoms with E-state index < -0.39 is 0 Å². The van der Waals surface area contributed by atoms with Crippen molar-refractivity contribution in [3.8, 4) is 0 Å². The van der Waals surface area contributed by atoms with Crippen LogP contribution in [0.2, 0.25) is 5.02 Å². The average Bonchev–Trinajstić information content (AvgIpc) is 2.35. The van der Waals surface area contributed by atoms with E-state index >= 15 is 0 Å². The summed E-state index contributed by atoms with van der Waals surface area (Å²) in [5, 5.41) is 4.05. The molecular formula is C14H20ClNO2S. The molecule has 0 amide bonds. The van der Waals surface area contributed by atoms with Gasteiger partial charge in [0.15, 0.2) is 0 Å². The van der Waals surface area contributed by atoms with Gasteiger partial charge in [-0.2, -0.15) is 0 Å². The third-order valence-electron chi connectivity index (χ3n) is 2.39. The van der Waals surface area contributed by atoms with E-state index in [0.717, 1.165) is 22.0 Å². The minimum absolute atomic E-state index is 0.200. The van der Waals surface area contributed by atoms with Gasteiger partial charge in [-0.05, 0) is 24.6 Å². The summed E-state index contributed by atoms with van der Waals surface area (Å²) < 4.78 is 4.88. The van der Waals surface area contributed by atoms with Crippen LogP contribution in [0.3, 0.4) is 0 Å².